The van der Waals surface area contributed by atoms with Gasteiger partial charge in [0.15, 0.2) is 0 Å². The molecule has 5 heteroatoms. The Hall–Kier alpha value is -0.650. The number of carbonyl (C=O) groups is 1. The van der Waals surface area contributed by atoms with E-state index in [0.717, 1.165) is 25.9 Å². The molecule has 0 saturated heterocycles. The van der Waals surface area contributed by atoms with Crippen molar-refractivity contribution in [2.45, 2.75) is 110 Å². The fraction of sp³-hybridized carbons (Fsp3) is 0.960. The molecule has 0 bridgehead atoms. The zero-order valence-electron chi connectivity index (χ0n) is 20.1. The summed E-state index contributed by atoms with van der Waals surface area (Å²) in [5, 5.41) is 0. The van der Waals surface area contributed by atoms with Crippen molar-refractivity contribution in [2.24, 2.45) is 0 Å². The van der Waals surface area contributed by atoms with Gasteiger partial charge >= 0.3 is 5.97 Å². The molecule has 0 fully saturated rings. The molecule has 0 amide bonds. The maximum atomic E-state index is 11.5. The van der Waals surface area contributed by atoms with Crippen LogP contribution in [0.25, 0.3) is 0 Å². The maximum absolute atomic E-state index is 11.5. The van der Waals surface area contributed by atoms with Crippen LogP contribution in [0.5, 0.6) is 0 Å². The fourth-order valence-corrected chi connectivity index (χ4v) is 3.16. The summed E-state index contributed by atoms with van der Waals surface area (Å²) in [5.41, 5.74) is 0. The highest BCUT2D eigenvalue weighted by Crippen LogP contribution is 2.09. The highest BCUT2D eigenvalue weighted by molar-refractivity contribution is 5.69. The molecule has 0 atom stereocenters. The van der Waals surface area contributed by atoms with Gasteiger partial charge in [0.05, 0.1) is 33.0 Å². The average Bonchev–Trinajstić information content (AvgIpc) is 2.75. The van der Waals surface area contributed by atoms with Gasteiger partial charge < -0.3 is 18.9 Å². The third kappa shape index (κ3) is 25.4. The maximum Gasteiger partial charge on any atom is 0.305 e. The minimum Gasteiger partial charge on any atom is -0.466 e. The van der Waals surface area contributed by atoms with E-state index in [1.54, 1.807) is 0 Å². The molecule has 0 aromatic heterocycles. The van der Waals surface area contributed by atoms with E-state index in [-0.39, 0.29) is 5.97 Å². The van der Waals surface area contributed by atoms with Crippen molar-refractivity contribution in [1.29, 1.82) is 0 Å². The van der Waals surface area contributed by atoms with Crippen LogP contribution in [0.1, 0.15) is 110 Å². The highest BCUT2D eigenvalue weighted by atomic mass is 16.5. The van der Waals surface area contributed by atoms with Gasteiger partial charge in [-0.1, -0.05) is 84.5 Å². The Morgan fingerprint density at radius 3 is 1.43 bits per heavy atom. The number of hydrogen-bond acceptors (Lipinski definition) is 5. The van der Waals surface area contributed by atoms with Gasteiger partial charge in [-0.25, -0.2) is 0 Å². The summed E-state index contributed by atoms with van der Waals surface area (Å²) in [6, 6.07) is 0. The van der Waals surface area contributed by atoms with E-state index < -0.39 is 0 Å². The molecule has 0 aromatic carbocycles. The first-order valence-electron chi connectivity index (χ1n) is 12.7. The van der Waals surface area contributed by atoms with E-state index in [1.807, 2.05) is 0 Å². The Labute approximate surface area is 186 Å². The minimum absolute atomic E-state index is 0.115. The molecule has 0 radical (unpaired) electrons. The van der Waals surface area contributed by atoms with Crippen molar-refractivity contribution in [3.8, 4) is 0 Å². The standard InChI is InChI=1S/C25H50O5/c1-3-5-7-9-10-11-12-13-14-18-27-21-23-29-24-22-28-19-16-17-25(26)30-20-15-8-6-4-2/h3-24H2,1-2H3. The smallest absolute Gasteiger partial charge is 0.305 e. The van der Waals surface area contributed by atoms with Crippen molar-refractivity contribution in [2.75, 3.05) is 46.2 Å². The predicted molar refractivity (Wildman–Crippen MR) is 124 cm³/mol. The number of carbonyl (C=O) groups excluding carboxylic acids is 1. The van der Waals surface area contributed by atoms with Gasteiger partial charge in [-0.3, -0.25) is 4.79 Å². The van der Waals surface area contributed by atoms with Crippen molar-refractivity contribution < 1.29 is 23.7 Å². The van der Waals surface area contributed by atoms with Crippen LogP contribution in [0.3, 0.4) is 0 Å². The molecule has 0 aliphatic rings. The second kappa shape index (κ2) is 26.4. The second-order valence-corrected chi connectivity index (χ2v) is 8.05. The van der Waals surface area contributed by atoms with Crippen LogP contribution in [0.15, 0.2) is 0 Å². The van der Waals surface area contributed by atoms with Gasteiger partial charge in [-0.15, -0.1) is 0 Å². The number of esters is 1. The van der Waals surface area contributed by atoms with Crippen molar-refractivity contribution in [3.05, 3.63) is 0 Å². The molecule has 0 saturated carbocycles. The van der Waals surface area contributed by atoms with Gasteiger partial charge in [0.2, 0.25) is 0 Å². The van der Waals surface area contributed by atoms with Crippen LogP contribution in [0.4, 0.5) is 0 Å². The SMILES string of the molecule is CCCCCCCCCCCOCCOCCOCCCC(=O)OCCCCCC. The number of unbranched alkanes of at least 4 members (excludes halogenated alkanes) is 11. The topological polar surface area (TPSA) is 54.0 Å². The first-order valence-corrected chi connectivity index (χ1v) is 12.7. The summed E-state index contributed by atoms with van der Waals surface area (Å²) in [5.74, 6) is -0.115. The van der Waals surface area contributed by atoms with E-state index in [0.29, 0.717) is 52.5 Å². The van der Waals surface area contributed by atoms with Gasteiger partial charge in [-0.05, 0) is 19.3 Å². The quantitative estimate of drug-likeness (QED) is 0.123. The van der Waals surface area contributed by atoms with Gasteiger partial charge in [0.25, 0.3) is 0 Å². The zero-order chi connectivity index (χ0) is 22.0. The normalized spacial score (nSPS) is 11.1. The minimum atomic E-state index is -0.115. The zero-order valence-corrected chi connectivity index (χ0v) is 20.1. The summed E-state index contributed by atoms with van der Waals surface area (Å²) in [4.78, 5) is 11.5. The fourth-order valence-electron chi connectivity index (χ4n) is 3.16. The molecule has 0 heterocycles. The van der Waals surface area contributed by atoms with Gasteiger partial charge in [0, 0.05) is 19.6 Å². The lowest BCUT2D eigenvalue weighted by molar-refractivity contribution is -0.144. The summed E-state index contributed by atoms with van der Waals surface area (Å²) in [7, 11) is 0. The molecule has 30 heavy (non-hydrogen) atoms. The van der Waals surface area contributed by atoms with Crippen molar-refractivity contribution in [1.82, 2.24) is 0 Å². The van der Waals surface area contributed by atoms with E-state index >= 15 is 0 Å². The van der Waals surface area contributed by atoms with Crippen molar-refractivity contribution >= 4 is 5.97 Å². The lowest BCUT2D eigenvalue weighted by Gasteiger charge is -2.07. The molecular weight excluding hydrogens is 380 g/mol. The summed E-state index contributed by atoms with van der Waals surface area (Å²) in [6.45, 7) is 8.80. The number of hydrogen-bond donors (Lipinski definition) is 0. The first kappa shape index (κ1) is 29.4. The number of rotatable bonds is 25. The van der Waals surface area contributed by atoms with E-state index in [9.17, 15) is 4.79 Å². The van der Waals surface area contributed by atoms with Crippen LogP contribution < -0.4 is 0 Å². The summed E-state index contributed by atoms with van der Waals surface area (Å²) < 4.78 is 21.8. The Kier molecular flexibility index (Phi) is 25.8. The lowest BCUT2D eigenvalue weighted by atomic mass is 10.1. The molecule has 0 rings (SSSR count). The monoisotopic (exact) mass is 430 g/mol. The van der Waals surface area contributed by atoms with Crippen LogP contribution >= 0.6 is 0 Å². The molecule has 0 unspecified atom stereocenters. The molecule has 180 valence electrons. The van der Waals surface area contributed by atoms with Crippen LogP contribution in [0.2, 0.25) is 0 Å². The molecule has 0 aliphatic heterocycles. The largest absolute Gasteiger partial charge is 0.466 e. The van der Waals surface area contributed by atoms with Crippen LogP contribution in [-0.2, 0) is 23.7 Å². The third-order valence-corrected chi connectivity index (χ3v) is 5.07. The molecule has 0 spiro atoms. The van der Waals surface area contributed by atoms with Gasteiger partial charge in [-0.2, -0.15) is 0 Å². The van der Waals surface area contributed by atoms with Crippen LogP contribution in [0, 0.1) is 0 Å². The van der Waals surface area contributed by atoms with E-state index in [2.05, 4.69) is 13.8 Å². The second-order valence-electron chi connectivity index (χ2n) is 8.05. The molecule has 0 N–H and O–H groups in total. The average molecular weight is 431 g/mol. The highest BCUT2D eigenvalue weighted by Gasteiger charge is 2.02. The summed E-state index contributed by atoms with van der Waals surface area (Å²) in [6.07, 6.45) is 17.7. The Bertz CT molecular complexity index is 336. The molecule has 0 aliphatic carbocycles. The Morgan fingerprint density at radius 1 is 0.467 bits per heavy atom. The third-order valence-electron chi connectivity index (χ3n) is 5.07. The van der Waals surface area contributed by atoms with E-state index in [4.69, 9.17) is 18.9 Å². The van der Waals surface area contributed by atoms with Gasteiger partial charge in [0.1, 0.15) is 0 Å². The van der Waals surface area contributed by atoms with Crippen LogP contribution in [-0.4, -0.2) is 52.2 Å². The molecule has 5 nitrogen and oxygen atoms in total. The number of ether oxygens (including phenoxy) is 4. The lowest BCUT2D eigenvalue weighted by Crippen LogP contribution is -2.11. The first-order chi connectivity index (χ1) is 14.8. The van der Waals surface area contributed by atoms with E-state index in [1.165, 1.54) is 64.2 Å². The summed E-state index contributed by atoms with van der Waals surface area (Å²) >= 11 is 0. The van der Waals surface area contributed by atoms with Crippen molar-refractivity contribution in [3.63, 3.8) is 0 Å². The molecular formula is C25H50O5. The Morgan fingerprint density at radius 2 is 0.867 bits per heavy atom. The Balaban J connectivity index is 3.08. The predicted octanol–water partition coefficient (Wildman–Crippen LogP) is 6.47. The molecule has 0 aromatic rings.